The minimum atomic E-state index is -5.61. The minimum absolute atomic E-state index is 0.582. The standard InChI is InChI=1S/2C16H36N.C4H9NO7P2/c2*1-5-9-13-17(14-10-6-2,15-11-7-3)16-12-8-4;1-2-3(6)5-4(13(7,8)9)14(10,11)12/h2*5-16H2,1-4H3;2,4H,1H2,(H,5,6)(H2,7,8,9)(H2,10,11,12)/q2*+1;/p-2. The van der Waals surface area contributed by atoms with Gasteiger partial charge in [-0.1, -0.05) is 113 Å². The first-order valence-electron chi connectivity index (χ1n) is 19.3. The summed E-state index contributed by atoms with van der Waals surface area (Å²) in [6.45, 7) is 33.0. The normalized spacial score (nSPS) is 12.8. The van der Waals surface area contributed by atoms with Gasteiger partial charge in [-0.25, -0.2) is 0 Å². The van der Waals surface area contributed by atoms with E-state index in [1.165, 1.54) is 169 Å². The number of hydrogen-bond donors (Lipinski definition) is 3. The van der Waals surface area contributed by atoms with Crippen LogP contribution in [-0.4, -0.2) is 82.5 Å². The van der Waals surface area contributed by atoms with Gasteiger partial charge in [0.05, 0.1) is 52.4 Å². The number of amides is 1. The molecule has 10 nitrogen and oxygen atoms in total. The Balaban J connectivity index is -0.000000637. The second-order valence-electron chi connectivity index (χ2n) is 13.5. The van der Waals surface area contributed by atoms with Crippen molar-refractivity contribution in [2.75, 3.05) is 52.4 Å². The Kier molecular flexibility index (Phi) is 33.7. The Labute approximate surface area is 297 Å². The quantitative estimate of drug-likeness (QED) is 0.0425. The van der Waals surface area contributed by atoms with Crippen LogP contribution >= 0.6 is 15.2 Å². The lowest BCUT2D eigenvalue weighted by atomic mass is 10.1. The molecule has 0 fully saturated rings. The van der Waals surface area contributed by atoms with Crippen LogP contribution in [0.2, 0.25) is 0 Å². The van der Waals surface area contributed by atoms with E-state index in [0.717, 1.165) is 0 Å². The summed E-state index contributed by atoms with van der Waals surface area (Å²) >= 11 is 0. The average Bonchev–Trinajstić information content (AvgIpc) is 3.05. The minimum Gasteiger partial charge on any atom is -0.809 e. The molecule has 0 radical (unpaired) electrons. The van der Waals surface area contributed by atoms with Crippen LogP contribution in [0.25, 0.3) is 0 Å². The van der Waals surface area contributed by atoms with Crippen LogP contribution in [-0.2, 0) is 13.9 Å². The van der Waals surface area contributed by atoms with Crippen molar-refractivity contribution in [1.29, 1.82) is 0 Å². The number of unbranched alkanes of at least 4 members (excludes halogenated alkanes) is 8. The van der Waals surface area contributed by atoms with Crippen molar-refractivity contribution in [2.45, 2.75) is 164 Å². The molecule has 0 bridgehead atoms. The first-order valence-corrected chi connectivity index (χ1v) is 22.6. The van der Waals surface area contributed by atoms with E-state index in [1.807, 2.05) is 0 Å². The van der Waals surface area contributed by atoms with Crippen LogP contribution in [0.5, 0.6) is 0 Å². The molecule has 290 valence electrons. The molecule has 0 aliphatic rings. The second kappa shape index (κ2) is 31.2. The van der Waals surface area contributed by atoms with Crippen LogP contribution in [0, 0.1) is 0 Å². The van der Waals surface area contributed by atoms with Crippen molar-refractivity contribution in [2.24, 2.45) is 0 Å². The molecule has 0 aliphatic carbocycles. The Morgan fingerprint density at radius 1 is 0.583 bits per heavy atom. The zero-order valence-electron chi connectivity index (χ0n) is 32.6. The molecule has 0 saturated carbocycles. The maximum Gasteiger partial charge on any atom is 0.352 e. The third-order valence-electron chi connectivity index (χ3n) is 8.96. The number of carbonyl (C=O) groups is 1. The lowest BCUT2D eigenvalue weighted by molar-refractivity contribution is -0.929. The fourth-order valence-corrected chi connectivity index (χ4v) is 7.88. The maximum atomic E-state index is 10.5. The van der Waals surface area contributed by atoms with Crippen LogP contribution in [0.3, 0.4) is 0 Å². The van der Waals surface area contributed by atoms with Crippen molar-refractivity contribution < 1.29 is 42.5 Å². The molecule has 3 N–H and O–H groups in total. The summed E-state index contributed by atoms with van der Waals surface area (Å²) in [6.07, 6.45) is 22.7. The van der Waals surface area contributed by atoms with E-state index in [-0.39, 0.29) is 0 Å². The summed E-state index contributed by atoms with van der Waals surface area (Å²) in [5.74, 6) is -1.16. The van der Waals surface area contributed by atoms with Crippen LogP contribution in [0.15, 0.2) is 12.7 Å². The molecular formula is C36H79N3O7P2. The first kappa shape index (κ1) is 51.8. The molecular weight excluding hydrogens is 648 g/mol. The highest BCUT2D eigenvalue weighted by atomic mass is 31.2. The predicted molar refractivity (Wildman–Crippen MR) is 200 cm³/mol. The highest BCUT2D eigenvalue weighted by molar-refractivity contribution is 7.69. The van der Waals surface area contributed by atoms with Gasteiger partial charge in [-0.05, 0) is 65.0 Å². The van der Waals surface area contributed by atoms with E-state index in [0.29, 0.717) is 6.08 Å². The summed E-state index contributed by atoms with van der Waals surface area (Å²) in [7, 11) is -10.8. The largest absolute Gasteiger partial charge is 0.809 e. The van der Waals surface area contributed by atoms with E-state index in [4.69, 9.17) is 9.79 Å². The maximum absolute atomic E-state index is 10.5. The van der Waals surface area contributed by atoms with Crippen molar-refractivity contribution in [1.82, 2.24) is 5.32 Å². The molecule has 0 aromatic carbocycles. The summed E-state index contributed by atoms with van der Waals surface area (Å²) in [6, 6.07) is 0. The van der Waals surface area contributed by atoms with Crippen molar-refractivity contribution >= 4 is 21.1 Å². The van der Waals surface area contributed by atoms with E-state index in [9.17, 15) is 23.7 Å². The van der Waals surface area contributed by atoms with Gasteiger partial charge in [-0.3, -0.25) is 9.36 Å². The summed E-state index contributed by atoms with van der Waals surface area (Å²) in [5.41, 5.74) is -2.75. The Morgan fingerprint density at radius 2 is 0.792 bits per heavy atom. The number of nitrogens with zero attached hydrogens (tertiary/aromatic N) is 2. The third-order valence-corrected chi connectivity index (χ3v) is 12.2. The fourth-order valence-electron chi connectivity index (χ4n) is 5.82. The van der Waals surface area contributed by atoms with E-state index < -0.39 is 26.6 Å². The van der Waals surface area contributed by atoms with E-state index >= 15 is 0 Å². The highest BCUT2D eigenvalue weighted by Gasteiger charge is 2.33. The van der Waals surface area contributed by atoms with Gasteiger partial charge in [0.25, 0.3) is 0 Å². The predicted octanol–water partition coefficient (Wildman–Crippen LogP) is 7.67. The van der Waals surface area contributed by atoms with Gasteiger partial charge in [0, 0.05) is 0 Å². The monoisotopic (exact) mass is 728 g/mol. The molecule has 0 saturated heterocycles. The Morgan fingerprint density at radius 3 is 0.917 bits per heavy atom. The summed E-state index contributed by atoms with van der Waals surface area (Å²) in [5, 5.41) is 1.34. The van der Waals surface area contributed by atoms with Gasteiger partial charge in [0.15, 0.2) is 5.52 Å². The molecule has 1 amide bonds. The third kappa shape index (κ3) is 27.2. The molecule has 0 rings (SSSR count). The molecule has 0 aromatic heterocycles. The number of quaternary nitrogens is 2. The zero-order valence-corrected chi connectivity index (χ0v) is 34.3. The summed E-state index contributed by atoms with van der Waals surface area (Å²) < 4.78 is 23.7. The van der Waals surface area contributed by atoms with Crippen LogP contribution in [0.1, 0.15) is 158 Å². The molecule has 48 heavy (non-hydrogen) atoms. The molecule has 0 aliphatic heterocycles. The fraction of sp³-hybridized carbons (Fsp3) is 0.917. The topological polar surface area (TPSA) is 150 Å². The summed E-state index contributed by atoms with van der Waals surface area (Å²) in [4.78, 5) is 48.2. The van der Waals surface area contributed by atoms with Crippen LogP contribution < -0.4 is 15.1 Å². The number of carbonyl (C=O) groups excluding carboxylic acids is 1. The van der Waals surface area contributed by atoms with E-state index in [2.05, 4.69) is 62.0 Å². The highest BCUT2D eigenvalue weighted by Crippen LogP contribution is 2.53. The zero-order chi connectivity index (χ0) is 37.5. The van der Waals surface area contributed by atoms with Gasteiger partial charge in [0.1, 0.15) is 0 Å². The number of hydrogen-bond acceptors (Lipinski definition) is 5. The second-order valence-corrected chi connectivity index (χ2v) is 17.2. The van der Waals surface area contributed by atoms with Crippen molar-refractivity contribution in [3.05, 3.63) is 12.7 Å². The SMILES string of the molecule is C=CC(=O)NC(P(=O)([O-])[O-])P(=O)(O)O.CCCC[N+](CCCC)(CCCC)CCCC.CCCC[N+](CCCC)(CCCC)CCCC. The number of nitrogens with one attached hydrogen (secondary N) is 1. The molecule has 12 heteroatoms. The molecule has 0 aromatic rings. The Hall–Kier alpha value is -0.570. The van der Waals surface area contributed by atoms with Gasteiger partial charge in [-0.15, -0.1) is 0 Å². The molecule has 1 unspecified atom stereocenters. The Bertz CT molecular complexity index is 732. The van der Waals surface area contributed by atoms with Crippen molar-refractivity contribution in [3.63, 3.8) is 0 Å². The average molecular weight is 728 g/mol. The lowest BCUT2D eigenvalue weighted by Gasteiger charge is -2.39. The van der Waals surface area contributed by atoms with Gasteiger partial charge >= 0.3 is 7.60 Å². The lowest BCUT2D eigenvalue weighted by Crippen LogP contribution is -2.50. The molecule has 0 heterocycles. The van der Waals surface area contributed by atoms with Gasteiger partial charge in [0.2, 0.25) is 5.91 Å². The van der Waals surface area contributed by atoms with Crippen molar-refractivity contribution in [3.8, 4) is 0 Å². The number of rotatable bonds is 28. The van der Waals surface area contributed by atoms with Gasteiger partial charge in [-0.2, -0.15) is 0 Å². The molecule has 0 spiro atoms. The molecule has 1 atom stereocenters. The van der Waals surface area contributed by atoms with E-state index in [1.54, 1.807) is 0 Å². The van der Waals surface area contributed by atoms with Crippen LogP contribution in [0.4, 0.5) is 0 Å². The first-order chi connectivity index (χ1) is 22.6. The smallest absolute Gasteiger partial charge is 0.352 e. The van der Waals surface area contributed by atoms with Gasteiger partial charge < -0.3 is 38.4 Å².